The van der Waals surface area contributed by atoms with Gasteiger partial charge in [-0.3, -0.25) is 9.59 Å². The van der Waals surface area contributed by atoms with Crippen molar-refractivity contribution < 1.29 is 19.1 Å². The summed E-state index contributed by atoms with van der Waals surface area (Å²) in [5, 5.41) is 0. The van der Waals surface area contributed by atoms with Crippen LogP contribution in [0.1, 0.15) is 47.3 Å². The number of hydrogen-bond acceptors (Lipinski definition) is 4. The Morgan fingerprint density at radius 3 is 2.63 bits per heavy atom. The van der Waals surface area contributed by atoms with Crippen molar-refractivity contribution in [2.45, 2.75) is 32.7 Å². The van der Waals surface area contributed by atoms with Gasteiger partial charge in [0.25, 0.3) is 5.91 Å². The molecule has 1 amide bonds. The number of nitrogens with zero attached hydrogens (tertiary/aromatic N) is 1. The molecule has 1 aliphatic rings. The Bertz CT molecular complexity index is 846. The smallest absolute Gasteiger partial charge is 0.261 e. The molecule has 1 fully saturated rings. The van der Waals surface area contributed by atoms with Crippen LogP contribution in [0.25, 0.3) is 0 Å². The molecule has 1 saturated heterocycles. The van der Waals surface area contributed by atoms with Crippen molar-refractivity contribution in [2.75, 3.05) is 20.3 Å². The molecule has 0 radical (unpaired) electrons. The second-order valence-electron chi connectivity index (χ2n) is 6.81. The van der Waals surface area contributed by atoms with Crippen molar-refractivity contribution >= 4 is 11.7 Å². The van der Waals surface area contributed by atoms with E-state index in [4.69, 9.17) is 9.47 Å². The normalized spacial score (nSPS) is 16.3. The quantitative estimate of drug-likeness (QED) is 0.726. The molecule has 0 saturated carbocycles. The Morgan fingerprint density at radius 2 is 1.93 bits per heavy atom. The van der Waals surface area contributed by atoms with Gasteiger partial charge in [0.15, 0.2) is 23.9 Å². The highest BCUT2D eigenvalue weighted by Gasteiger charge is 2.31. The fourth-order valence-electron chi connectivity index (χ4n) is 3.58. The van der Waals surface area contributed by atoms with Gasteiger partial charge in [0.1, 0.15) is 0 Å². The number of aryl methyl sites for hydroxylation is 1. The van der Waals surface area contributed by atoms with Crippen molar-refractivity contribution in [3.05, 3.63) is 59.2 Å². The van der Waals surface area contributed by atoms with Crippen LogP contribution in [0.5, 0.6) is 11.5 Å². The van der Waals surface area contributed by atoms with E-state index in [2.05, 4.69) is 19.1 Å². The molecule has 1 heterocycles. The minimum Gasteiger partial charge on any atom is -0.493 e. The van der Waals surface area contributed by atoms with Crippen LogP contribution < -0.4 is 9.47 Å². The van der Waals surface area contributed by atoms with Crippen molar-refractivity contribution in [3.8, 4) is 11.5 Å². The molecule has 0 aromatic heterocycles. The van der Waals surface area contributed by atoms with Crippen LogP contribution in [0.3, 0.4) is 0 Å². The maximum Gasteiger partial charge on any atom is 0.261 e. The molecular formula is C22H25NO4. The van der Waals surface area contributed by atoms with Gasteiger partial charge in [-0.25, -0.2) is 0 Å². The Morgan fingerprint density at radius 1 is 1.15 bits per heavy atom. The summed E-state index contributed by atoms with van der Waals surface area (Å²) in [6, 6.07) is 13.3. The van der Waals surface area contributed by atoms with Crippen molar-refractivity contribution in [1.82, 2.24) is 4.90 Å². The molecule has 27 heavy (non-hydrogen) atoms. The average Bonchev–Trinajstić information content (AvgIpc) is 3.15. The van der Waals surface area contributed by atoms with Gasteiger partial charge >= 0.3 is 0 Å². The van der Waals surface area contributed by atoms with Crippen LogP contribution in [0.2, 0.25) is 0 Å². The SMILES string of the molecule is COc1cc(C(C)=O)ccc1OCC(=O)N1CCCC1c1ccccc1C. The third-order valence-electron chi connectivity index (χ3n) is 5.04. The number of amides is 1. The minimum atomic E-state index is -0.0574. The number of hydrogen-bond donors (Lipinski definition) is 0. The number of likely N-dealkylation sites (tertiary alicyclic amines) is 1. The minimum absolute atomic E-state index is 0.0431. The number of rotatable bonds is 6. The molecular weight excluding hydrogens is 342 g/mol. The zero-order valence-electron chi connectivity index (χ0n) is 16.0. The molecule has 0 aliphatic carbocycles. The van der Waals surface area contributed by atoms with E-state index in [9.17, 15) is 9.59 Å². The molecule has 1 aliphatic heterocycles. The van der Waals surface area contributed by atoms with Gasteiger partial charge in [0, 0.05) is 12.1 Å². The number of carbonyl (C=O) groups is 2. The Kier molecular flexibility index (Phi) is 5.79. The van der Waals surface area contributed by atoms with E-state index in [1.165, 1.54) is 25.2 Å². The van der Waals surface area contributed by atoms with Gasteiger partial charge in [0.05, 0.1) is 13.2 Å². The zero-order chi connectivity index (χ0) is 19.4. The number of ether oxygens (including phenoxy) is 2. The maximum absolute atomic E-state index is 12.8. The first kappa shape index (κ1) is 19.0. The fourth-order valence-corrected chi connectivity index (χ4v) is 3.58. The molecule has 3 rings (SSSR count). The van der Waals surface area contributed by atoms with Crippen molar-refractivity contribution in [3.63, 3.8) is 0 Å². The van der Waals surface area contributed by atoms with Crippen LogP contribution in [0.4, 0.5) is 0 Å². The highest BCUT2D eigenvalue weighted by molar-refractivity contribution is 5.94. The number of ketones is 1. The summed E-state index contributed by atoms with van der Waals surface area (Å²) in [7, 11) is 1.52. The first-order chi connectivity index (χ1) is 13.0. The number of benzene rings is 2. The average molecular weight is 367 g/mol. The lowest BCUT2D eigenvalue weighted by Crippen LogP contribution is -2.34. The van der Waals surface area contributed by atoms with E-state index in [0.29, 0.717) is 17.1 Å². The molecule has 1 unspecified atom stereocenters. The van der Waals surface area contributed by atoms with Crippen molar-refractivity contribution in [1.29, 1.82) is 0 Å². The largest absolute Gasteiger partial charge is 0.493 e. The second-order valence-corrected chi connectivity index (χ2v) is 6.81. The van der Waals surface area contributed by atoms with Gasteiger partial charge in [-0.15, -0.1) is 0 Å². The highest BCUT2D eigenvalue weighted by atomic mass is 16.5. The van der Waals surface area contributed by atoms with Gasteiger partial charge in [-0.1, -0.05) is 24.3 Å². The van der Waals surface area contributed by atoms with Gasteiger partial charge in [0.2, 0.25) is 0 Å². The second kappa shape index (κ2) is 8.25. The van der Waals surface area contributed by atoms with Gasteiger partial charge in [-0.2, -0.15) is 0 Å². The van der Waals surface area contributed by atoms with E-state index in [-0.39, 0.29) is 24.3 Å². The summed E-state index contributed by atoms with van der Waals surface area (Å²) >= 11 is 0. The summed E-state index contributed by atoms with van der Waals surface area (Å²) in [4.78, 5) is 26.2. The summed E-state index contributed by atoms with van der Waals surface area (Å²) < 4.78 is 11.0. The monoisotopic (exact) mass is 367 g/mol. The molecule has 142 valence electrons. The molecule has 0 spiro atoms. The van der Waals surface area contributed by atoms with Crippen LogP contribution in [-0.4, -0.2) is 36.9 Å². The van der Waals surface area contributed by atoms with Gasteiger partial charge in [-0.05, 0) is 56.0 Å². The lowest BCUT2D eigenvalue weighted by Gasteiger charge is -2.26. The van der Waals surface area contributed by atoms with E-state index in [1.54, 1.807) is 18.2 Å². The molecule has 5 nitrogen and oxygen atoms in total. The van der Waals surface area contributed by atoms with Crippen LogP contribution in [0.15, 0.2) is 42.5 Å². The maximum atomic E-state index is 12.8. The predicted molar refractivity (Wildman–Crippen MR) is 103 cm³/mol. The topological polar surface area (TPSA) is 55.8 Å². The van der Waals surface area contributed by atoms with E-state index in [1.807, 2.05) is 17.0 Å². The van der Waals surface area contributed by atoms with Crippen LogP contribution in [-0.2, 0) is 4.79 Å². The fraction of sp³-hybridized carbons (Fsp3) is 0.364. The highest BCUT2D eigenvalue weighted by Crippen LogP contribution is 2.34. The lowest BCUT2D eigenvalue weighted by molar-refractivity contribution is -0.134. The Hall–Kier alpha value is -2.82. The Labute approximate surface area is 159 Å². The Balaban J connectivity index is 1.70. The molecule has 2 aromatic rings. The third-order valence-corrected chi connectivity index (χ3v) is 5.04. The zero-order valence-corrected chi connectivity index (χ0v) is 16.0. The standard InChI is InChI=1S/C22H25NO4/c1-15-7-4-5-8-18(15)19-9-6-12-23(19)22(25)14-27-20-11-10-17(16(2)24)13-21(20)26-3/h4-5,7-8,10-11,13,19H,6,9,12,14H2,1-3H3. The first-order valence-corrected chi connectivity index (χ1v) is 9.18. The van der Waals surface area contributed by atoms with E-state index >= 15 is 0 Å². The lowest BCUT2D eigenvalue weighted by atomic mass is 9.99. The van der Waals surface area contributed by atoms with Gasteiger partial charge < -0.3 is 14.4 Å². The number of methoxy groups -OCH3 is 1. The van der Waals surface area contributed by atoms with E-state index < -0.39 is 0 Å². The first-order valence-electron chi connectivity index (χ1n) is 9.18. The summed E-state index contributed by atoms with van der Waals surface area (Å²) in [6.45, 7) is 4.26. The summed E-state index contributed by atoms with van der Waals surface area (Å²) in [6.07, 6.45) is 1.95. The molecule has 5 heteroatoms. The third kappa shape index (κ3) is 4.13. The van der Waals surface area contributed by atoms with E-state index in [0.717, 1.165) is 19.4 Å². The van der Waals surface area contributed by atoms with Crippen LogP contribution in [0, 0.1) is 6.92 Å². The summed E-state index contributed by atoms with van der Waals surface area (Å²) in [5.41, 5.74) is 2.95. The van der Waals surface area contributed by atoms with Crippen LogP contribution >= 0.6 is 0 Å². The number of Topliss-reactive ketones (excluding diaryl/α,β-unsaturated/α-hetero) is 1. The predicted octanol–water partition coefficient (Wildman–Crippen LogP) is 3.95. The number of carbonyl (C=O) groups excluding carboxylic acids is 2. The molecule has 0 bridgehead atoms. The molecule has 2 aromatic carbocycles. The molecule has 0 N–H and O–H groups in total. The molecule has 1 atom stereocenters. The van der Waals surface area contributed by atoms with Crippen molar-refractivity contribution in [2.24, 2.45) is 0 Å². The summed E-state index contributed by atoms with van der Waals surface area (Å²) in [5.74, 6) is 0.822.